The fraction of sp³-hybridized carbons (Fsp3) is 0.643. The molecule has 0 aliphatic carbocycles. The molecule has 0 spiro atoms. The molecule has 21 heavy (non-hydrogen) atoms. The standard InChI is InChI=1S/C14H22N4O3/c1-14(2,3)21-13(20)17-12-15-10(7-11(19)16-12)9-5-6-18(4)8-9/h7,9H,5-6,8H2,1-4H3,(H2,15,16,17,19,20). The Bertz CT molecular complexity index is 576. The van der Waals surface area contributed by atoms with Crippen molar-refractivity contribution in [3.8, 4) is 0 Å². The molecule has 2 rings (SSSR count). The number of carbonyl (C=O) groups excluding carboxylic acids is 1. The van der Waals surface area contributed by atoms with E-state index in [0.29, 0.717) is 5.69 Å². The van der Waals surface area contributed by atoms with Crippen LogP contribution in [0.25, 0.3) is 0 Å². The maximum absolute atomic E-state index is 11.7. The lowest BCUT2D eigenvalue weighted by Gasteiger charge is -2.19. The van der Waals surface area contributed by atoms with Crippen LogP contribution >= 0.6 is 0 Å². The van der Waals surface area contributed by atoms with E-state index in [1.54, 1.807) is 20.8 Å². The Balaban J connectivity index is 2.12. The molecule has 1 aromatic rings. The number of H-pyrrole nitrogens is 1. The third-order valence-electron chi connectivity index (χ3n) is 3.19. The Morgan fingerprint density at radius 3 is 2.81 bits per heavy atom. The van der Waals surface area contributed by atoms with E-state index in [1.165, 1.54) is 6.07 Å². The Kier molecular flexibility index (Phi) is 4.32. The van der Waals surface area contributed by atoms with Crippen LogP contribution in [0.4, 0.5) is 10.7 Å². The molecule has 2 N–H and O–H groups in total. The second-order valence-corrected chi connectivity index (χ2v) is 6.39. The van der Waals surface area contributed by atoms with E-state index in [9.17, 15) is 9.59 Å². The van der Waals surface area contributed by atoms with Crippen LogP contribution in [0.1, 0.15) is 38.8 Å². The largest absolute Gasteiger partial charge is 0.444 e. The SMILES string of the molecule is CN1CCC(c2cc(=O)[nH]c(NC(=O)OC(C)(C)C)n2)C1. The summed E-state index contributed by atoms with van der Waals surface area (Å²) < 4.78 is 5.14. The Morgan fingerprint density at radius 1 is 1.52 bits per heavy atom. The normalized spacial score (nSPS) is 19.5. The summed E-state index contributed by atoms with van der Waals surface area (Å²) in [5, 5.41) is 2.47. The number of ether oxygens (including phenoxy) is 1. The lowest BCUT2D eigenvalue weighted by Crippen LogP contribution is -2.29. The Hall–Kier alpha value is -1.89. The first kappa shape index (κ1) is 15.5. The van der Waals surface area contributed by atoms with Gasteiger partial charge in [0.25, 0.3) is 5.56 Å². The zero-order valence-corrected chi connectivity index (χ0v) is 12.9. The van der Waals surface area contributed by atoms with Gasteiger partial charge >= 0.3 is 6.09 Å². The number of hydrogen-bond acceptors (Lipinski definition) is 5. The van der Waals surface area contributed by atoms with Gasteiger partial charge in [0, 0.05) is 18.5 Å². The second kappa shape index (κ2) is 5.85. The van der Waals surface area contributed by atoms with Crippen molar-refractivity contribution in [2.45, 2.75) is 38.7 Å². The average Bonchev–Trinajstić information content (AvgIpc) is 2.72. The van der Waals surface area contributed by atoms with Crippen LogP contribution in [0.2, 0.25) is 0 Å². The van der Waals surface area contributed by atoms with Crippen molar-refractivity contribution in [1.29, 1.82) is 0 Å². The van der Waals surface area contributed by atoms with E-state index >= 15 is 0 Å². The molecule has 1 unspecified atom stereocenters. The lowest BCUT2D eigenvalue weighted by atomic mass is 10.1. The van der Waals surface area contributed by atoms with Crippen LogP contribution in [0, 0.1) is 0 Å². The van der Waals surface area contributed by atoms with Crippen LogP contribution in [-0.2, 0) is 4.74 Å². The predicted molar refractivity (Wildman–Crippen MR) is 79.6 cm³/mol. The number of likely N-dealkylation sites (N-methyl/N-ethyl adjacent to an activating group) is 1. The number of amides is 1. The summed E-state index contributed by atoms with van der Waals surface area (Å²) in [4.78, 5) is 32.5. The summed E-state index contributed by atoms with van der Waals surface area (Å²) in [5.41, 5.74) is -0.175. The first-order chi connectivity index (χ1) is 9.73. The number of nitrogens with one attached hydrogen (secondary N) is 2. The van der Waals surface area contributed by atoms with Crippen LogP contribution in [0.15, 0.2) is 10.9 Å². The van der Waals surface area contributed by atoms with Crippen molar-refractivity contribution in [2.24, 2.45) is 0 Å². The highest BCUT2D eigenvalue weighted by molar-refractivity contribution is 5.82. The van der Waals surface area contributed by atoms with Crippen molar-refractivity contribution in [2.75, 3.05) is 25.5 Å². The fourth-order valence-electron chi connectivity index (χ4n) is 2.32. The Labute approximate surface area is 123 Å². The Morgan fingerprint density at radius 2 is 2.24 bits per heavy atom. The van der Waals surface area contributed by atoms with Crippen LogP contribution in [-0.4, -0.2) is 46.7 Å². The van der Waals surface area contributed by atoms with E-state index in [4.69, 9.17) is 4.74 Å². The summed E-state index contributed by atoms with van der Waals surface area (Å²) in [6.07, 6.45) is 0.324. The molecule has 0 radical (unpaired) electrons. The van der Waals surface area contributed by atoms with Gasteiger partial charge in [-0.3, -0.25) is 15.1 Å². The van der Waals surface area contributed by atoms with Gasteiger partial charge in [0.1, 0.15) is 5.60 Å². The molecule has 116 valence electrons. The highest BCUT2D eigenvalue weighted by Gasteiger charge is 2.23. The molecule has 1 amide bonds. The van der Waals surface area contributed by atoms with Gasteiger partial charge in [-0.1, -0.05) is 0 Å². The highest BCUT2D eigenvalue weighted by atomic mass is 16.6. The van der Waals surface area contributed by atoms with E-state index in [2.05, 4.69) is 20.2 Å². The van der Waals surface area contributed by atoms with E-state index in [-0.39, 0.29) is 17.4 Å². The van der Waals surface area contributed by atoms with E-state index in [0.717, 1.165) is 19.5 Å². The first-order valence-corrected chi connectivity index (χ1v) is 7.03. The maximum Gasteiger partial charge on any atom is 0.414 e. The van der Waals surface area contributed by atoms with Gasteiger partial charge in [-0.25, -0.2) is 9.78 Å². The molecule has 1 atom stereocenters. The molecule has 2 heterocycles. The molecule has 7 heteroatoms. The number of aromatic nitrogens is 2. The minimum atomic E-state index is -0.633. The summed E-state index contributed by atoms with van der Waals surface area (Å²) in [7, 11) is 2.03. The molecule has 0 saturated carbocycles. The van der Waals surface area contributed by atoms with Crippen LogP contribution in [0.5, 0.6) is 0 Å². The summed E-state index contributed by atoms with van der Waals surface area (Å²) in [6, 6.07) is 1.49. The third kappa shape index (κ3) is 4.56. The van der Waals surface area contributed by atoms with Gasteiger partial charge in [-0.2, -0.15) is 0 Å². The molecule has 1 aliphatic heterocycles. The number of rotatable bonds is 2. The molecule has 0 aromatic carbocycles. The molecule has 1 aliphatic rings. The summed E-state index contributed by atoms with van der Waals surface area (Å²) >= 11 is 0. The maximum atomic E-state index is 11.7. The van der Waals surface area contributed by atoms with Crippen molar-refractivity contribution in [3.05, 3.63) is 22.1 Å². The van der Waals surface area contributed by atoms with Crippen molar-refractivity contribution in [1.82, 2.24) is 14.9 Å². The second-order valence-electron chi connectivity index (χ2n) is 6.39. The number of aromatic amines is 1. The first-order valence-electron chi connectivity index (χ1n) is 7.03. The monoisotopic (exact) mass is 294 g/mol. The average molecular weight is 294 g/mol. The zero-order valence-electron chi connectivity index (χ0n) is 12.9. The number of likely N-dealkylation sites (tertiary alicyclic amines) is 1. The van der Waals surface area contributed by atoms with Crippen molar-refractivity contribution >= 4 is 12.0 Å². The van der Waals surface area contributed by atoms with Gasteiger partial charge in [-0.05, 0) is 40.8 Å². The highest BCUT2D eigenvalue weighted by Crippen LogP contribution is 2.24. The molecule has 1 fully saturated rings. The zero-order chi connectivity index (χ0) is 15.6. The van der Waals surface area contributed by atoms with Gasteiger partial charge < -0.3 is 9.64 Å². The van der Waals surface area contributed by atoms with Crippen LogP contribution in [0.3, 0.4) is 0 Å². The fourth-order valence-corrected chi connectivity index (χ4v) is 2.32. The van der Waals surface area contributed by atoms with Gasteiger partial charge in [0.15, 0.2) is 0 Å². The van der Waals surface area contributed by atoms with Gasteiger partial charge in [-0.15, -0.1) is 0 Å². The van der Waals surface area contributed by atoms with Crippen molar-refractivity contribution < 1.29 is 9.53 Å². The molecule has 7 nitrogen and oxygen atoms in total. The minimum Gasteiger partial charge on any atom is -0.444 e. The molecule has 1 aromatic heterocycles. The third-order valence-corrected chi connectivity index (χ3v) is 3.19. The van der Waals surface area contributed by atoms with Crippen molar-refractivity contribution in [3.63, 3.8) is 0 Å². The van der Waals surface area contributed by atoms with E-state index in [1.807, 2.05) is 7.05 Å². The molecular formula is C14H22N4O3. The summed E-state index contributed by atoms with van der Waals surface area (Å²) in [6.45, 7) is 7.16. The van der Waals surface area contributed by atoms with Crippen LogP contribution < -0.4 is 10.9 Å². The number of carbonyl (C=O) groups is 1. The minimum absolute atomic E-state index is 0.126. The smallest absolute Gasteiger partial charge is 0.414 e. The number of anilines is 1. The van der Waals surface area contributed by atoms with Gasteiger partial charge in [0.05, 0.1) is 5.69 Å². The predicted octanol–water partition coefficient (Wildman–Crippen LogP) is 1.54. The van der Waals surface area contributed by atoms with E-state index < -0.39 is 11.7 Å². The quantitative estimate of drug-likeness (QED) is 0.864. The molecule has 0 bridgehead atoms. The topological polar surface area (TPSA) is 87.3 Å². The number of nitrogens with zero attached hydrogens (tertiary/aromatic N) is 2. The molecular weight excluding hydrogens is 272 g/mol. The lowest BCUT2D eigenvalue weighted by molar-refractivity contribution is 0.0634. The molecule has 1 saturated heterocycles. The summed E-state index contributed by atoms with van der Waals surface area (Å²) in [5.74, 6) is 0.345. The van der Waals surface area contributed by atoms with Gasteiger partial charge in [0.2, 0.25) is 5.95 Å². The number of hydrogen-bond donors (Lipinski definition) is 2.